The van der Waals surface area contributed by atoms with Crippen molar-refractivity contribution < 1.29 is 0 Å². The van der Waals surface area contributed by atoms with Gasteiger partial charge in [-0.25, -0.2) is 0 Å². The molecule has 0 bridgehead atoms. The molecule has 0 fully saturated rings. The molecule has 0 spiro atoms. The monoisotopic (exact) mass is 555 g/mol. The maximum absolute atomic E-state index is 4.18. The molecule has 3 unspecified atom stereocenters. The summed E-state index contributed by atoms with van der Waals surface area (Å²) in [6.07, 6.45) is 32.9. The molecule has 2 aromatic carbocycles. The topological polar surface area (TPSA) is 3.24 Å². The summed E-state index contributed by atoms with van der Waals surface area (Å²) in [6, 6.07) is 9.92. The second-order valence-electron chi connectivity index (χ2n) is 11.8. The molecule has 0 N–H and O–H groups in total. The number of hydrogen-bond acceptors (Lipinski definition) is 1. The van der Waals surface area contributed by atoms with Gasteiger partial charge in [-0.2, -0.15) is 0 Å². The minimum Gasteiger partial charge on any atom is -0.335 e. The third-order valence-corrected chi connectivity index (χ3v) is 8.61. The lowest BCUT2D eigenvalue weighted by Gasteiger charge is -2.35. The largest absolute Gasteiger partial charge is 0.335 e. The van der Waals surface area contributed by atoms with Crippen molar-refractivity contribution in [2.45, 2.75) is 78.2 Å². The Morgan fingerprint density at radius 2 is 1.52 bits per heavy atom. The van der Waals surface area contributed by atoms with Crippen LogP contribution in [0.2, 0.25) is 0 Å². The zero-order valence-corrected chi connectivity index (χ0v) is 26.3. The van der Waals surface area contributed by atoms with Crippen molar-refractivity contribution in [3.63, 3.8) is 0 Å². The van der Waals surface area contributed by atoms with Crippen LogP contribution in [0.1, 0.15) is 72.3 Å². The maximum Gasteiger partial charge on any atom is 0.0559 e. The minimum atomic E-state index is 0.268. The Bertz CT molecular complexity index is 1390. The smallest absolute Gasteiger partial charge is 0.0559 e. The molecule has 0 radical (unpaired) electrons. The Morgan fingerprint density at radius 1 is 0.833 bits per heavy atom. The summed E-state index contributed by atoms with van der Waals surface area (Å²) >= 11 is 0. The number of anilines is 1. The Hall–Kier alpha value is -3.84. The molecule has 2 aromatic rings. The van der Waals surface area contributed by atoms with Crippen LogP contribution in [-0.2, 0) is 0 Å². The molecule has 42 heavy (non-hydrogen) atoms. The zero-order valence-electron chi connectivity index (χ0n) is 26.3. The van der Waals surface area contributed by atoms with Crippen LogP contribution in [0.3, 0.4) is 0 Å². The SMILES string of the molecule is C=CCC/C=C/C(c1cc(C)c(-c2c(C)cc(N(C3=CCCC=C3)C3C=CC=CC3)cc2C)c(C)c1)C(C=C)CC=C. The van der Waals surface area contributed by atoms with Crippen LogP contribution in [0.5, 0.6) is 0 Å². The van der Waals surface area contributed by atoms with Crippen LogP contribution < -0.4 is 4.90 Å². The minimum absolute atomic E-state index is 0.268. The van der Waals surface area contributed by atoms with E-state index in [9.17, 15) is 0 Å². The standard InChI is InChI=1S/C41H49N/c1-8-11-12-19-25-39(34(10-3)20-9-2)35-26-30(4)40(31(5)27-35)41-32(6)28-38(29-33(41)7)42(36-21-15-13-16-22-36)37-23-17-14-18-24-37/h8-10,13,15-17,19,21,23-29,34,36,39H,1-3,11-12,14,18,20,22H2,4-7H3/b25-19+. The highest BCUT2D eigenvalue weighted by atomic mass is 15.2. The first-order valence-electron chi connectivity index (χ1n) is 15.6. The molecule has 0 heterocycles. The van der Waals surface area contributed by atoms with E-state index >= 15 is 0 Å². The van der Waals surface area contributed by atoms with Crippen molar-refractivity contribution >= 4 is 5.69 Å². The van der Waals surface area contributed by atoms with Gasteiger partial charge in [0.1, 0.15) is 0 Å². The number of aryl methyl sites for hydroxylation is 4. The van der Waals surface area contributed by atoms with Gasteiger partial charge in [0.25, 0.3) is 0 Å². The van der Waals surface area contributed by atoms with Gasteiger partial charge < -0.3 is 4.90 Å². The first-order valence-corrected chi connectivity index (χ1v) is 15.6. The molecule has 0 aromatic heterocycles. The molecular weight excluding hydrogens is 506 g/mol. The van der Waals surface area contributed by atoms with E-state index in [0.29, 0.717) is 12.0 Å². The van der Waals surface area contributed by atoms with Crippen LogP contribution in [0.25, 0.3) is 11.1 Å². The first-order chi connectivity index (χ1) is 20.4. The van der Waals surface area contributed by atoms with E-state index in [-0.39, 0.29) is 5.92 Å². The third-order valence-electron chi connectivity index (χ3n) is 8.61. The Kier molecular flexibility index (Phi) is 11.0. The van der Waals surface area contributed by atoms with Gasteiger partial charge in [-0.05, 0) is 129 Å². The molecule has 2 aliphatic carbocycles. The predicted octanol–water partition coefficient (Wildman–Crippen LogP) is 11.5. The molecule has 0 saturated heterocycles. The Morgan fingerprint density at radius 3 is 2.07 bits per heavy atom. The number of rotatable bonds is 13. The molecule has 2 aliphatic rings. The lowest BCUT2D eigenvalue weighted by molar-refractivity contribution is 0.591. The number of nitrogens with zero attached hydrogens (tertiary/aromatic N) is 1. The van der Waals surface area contributed by atoms with Gasteiger partial charge in [0.05, 0.1) is 6.04 Å². The first kappa shape index (κ1) is 31.1. The van der Waals surface area contributed by atoms with Gasteiger partial charge in [-0.3, -0.25) is 0 Å². The van der Waals surface area contributed by atoms with Gasteiger partial charge in [-0.1, -0.05) is 79.0 Å². The summed E-state index contributed by atoms with van der Waals surface area (Å²) in [4.78, 5) is 2.53. The molecule has 218 valence electrons. The third kappa shape index (κ3) is 7.13. The summed E-state index contributed by atoms with van der Waals surface area (Å²) < 4.78 is 0. The fourth-order valence-corrected chi connectivity index (χ4v) is 6.67. The Balaban J connectivity index is 1.75. The van der Waals surface area contributed by atoms with Crippen molar-refractivity contribution in [3.05, 3.63) is 150 Å². The van der Waals surface area contributed by atoms with E-state index in [1.807, 2.05) is 12.2 Å². The molecule has 0 aliphatic heterocycles. The van der Waals surface area contributed by atoms with E-state index in [1.54, 1.807) is 0 Å². The summed E-state index contributed by atoms with van der Waals surface area (Å²) in [5, 5.41) is 0. The van der Waals surface area contributed by atoms with Crippen molar-refractivity contribution in [2.24, 2.45) is 5.92 Å². The number of benzene rings is 2. The van der Waals surface area contributed by atoms with E-state index in [4.69, 9.17) is 0 Å². The van der Waals surface area contributed by atoms with Crippen LogP contribution in [-0.4, -0.2) is 6.04 Å². The fourth-order valence-electron chi connectivity index (χ4n) is 6.67. The van der Waals surface area contributed by atoms with E-state index in [0.717, 1.165) is 38.5 Å². The van der Waals surface area contributed by atoms with Gasteiger partial charge in [0.2, 0.25) is 0 Å². The molecule has 1 heteroatoms. The quantitative estimate of drug-likeness (QED) is 0.175. The van der Waals surface area contributed by atoms with Crippen molar-refractivity contribution in [1.82, 2.24) is 0 Å². The van der Waals surface area contributed by atoms with Gasteiger partial charge >= 0.3 is 0 Å². The molecule has 1 nitrogen and oxygen atoms in total. The molecule has 0 saturated carbocycles. The highest BCUT2D eigenvalue weighted by Crippen LogP contribution is 2.40. The zero-order chi connectivity index (χ0) is 30.1. The summed E-state index contributed by atoms with van der Waals surface area (Å²) in [7, 11) is 0. The summed E-state index contributed by atoms with van der Waals surface area (Å²) in [5.41, 5.74) is 11.9. The maximum atomic E-state index is 4.18. The Labute approximate surface area is 255 Å². The number of allylic oxidation sites excluding steroid dienone is 10. The molecular formula is C41H49N. The highest BCUT2D eigenvalue weighted by Gasteiger charge is 2.24. The van der Waals surface area contributed by atoms with Crippen LogP contribution >= 0.6 is 0 Å². The highest BCUT2D eigenvalue weighted by molar-refractivity contribution is 5.80. The van der Waals surface area contributed by atoms with E-state index in [1.165, 1.54) is 50.3 Å². The van der Waals surface area contributed by atoms with Crippen molar-refractivity contribution in [2.75, 3.05) is 4.90 Å². The van der Waals surface area contributed by atoms with Gasteiger partial charge in [-0.15, -0.1) is 19.7 Å². The average Bonchev–Trinajstić information content (AvgIpc) is 2.98. The fraction of sp³-hybridized carbons (Fsp3) is 0.317. The van der Waals surface area contributed by atoms with Crippen LogP contribution in [0.4, 0.5) is 5.69 Å². The molecule has 0 amide bonds. The second-order valence-corrected chi connectivity index (χ2v) is 11.8. The lowest BCUT2D eigenvalue weighted by atomic mass is 9.80. The predicted molar refractivity (Wildman–Crippen MR) is 186 cm³/mol. The van der Waals surface area contributed by atoms with Crippen LogP contribution in [0, 0.1) is 33.6 Å². The molecule has 4 rings (SSSR count). The molecule has 3 atom stereocenters. The number of hydrogen-bond donors (Lipinski definition) is 0. The second kappa shape index (κ2) is 14.9. The van der Waals surface area contributed by atoms with E-state index in [2.05, 4.69) is 137 Å². The van der Waals surface area contributed by atoms with Crippen molar-refractivity contribution in [1.29, 1.82) is 0 Å². The van der Waals surface area contributed by atoms with Gasteiger partial charge in [0, 0.05) is 17.3 Å². The van der Waals surface area contributed by atoms with Gasteiger partial charge in [0.15, 0.2) is 0 Å². The lowest BCUT2D eigenvalue weighted by Crippen LogP contribution is -2.33. The summed E-state index contributed by atoms with van der Waals surface area (Å²) in [5.74, 6) is 0.581. The number of unbranched alkanes of at least 4 members (excludes halogenated alkanes) is 1. The normalized spacial score (nSPS) is 17.6. The average molecular weight is 556 g/mol. The van der Waals surface area contributed by atoms with E-state index < -0.39 is 0 Å². The van der Waals surface area contributed by atoms with Crippen molar-refractivity contribution in [3.8, 4) is 11.1 Å². The summed E-state index contributed by atoms with van der Waals surface area (Å²) in [6.45, 7) is 21.2. The van der Waals surface area contributed by atoms with Crippen LogP contribution in [0.15, 0.2) is 123 Å².